The van der Waals surface area contributed by atoms with Gasteiger partial charge in [0.25, 0.3) is 0 Å². The Kier molecular flexibility index (Phi) is 7.33. The molecule has 8 aromatic rings. The molecule has 3 nitrogen and oxygen atoms in total. The molecule has 2 aromatic heterocycles. The van der Waals surface area contributed by atoms with Crippen LogP contribution in [0, 0.1) is 39.0 Å². The lowest BCUT2D eigenvalue weighted by atomic mass is 9.91. The summed E-state index contributed by atoms with van der Waals surface area (Å²) >= 11 is 0. The Morgan fingerprint density at radius 1 is 0.481 bits per heavy atom. The Morgan fingerprint density at radius 2 is 0.808 bits per heavy atom. The molecule has 8 rings (SSSR count). The van der Waals surface area contributed by atoms with Crippen LogP contribution in [0.4, 0.5) is 26.3 Å². The van der Waals surface area contributed by atoms with Gasteiger partial charge in [-0.2, -0.15) is 31.6 Å². The Labute approximate surface area is 294 Å². The van der Waals surface area contributed by atoms with Crippen molar-refractivity contribution in [2.24, 2.45) is 0 Å². The fraction of sp³-hybridized carbons (Fsp3) is 0.140. The molecule has 0 fully saturated rings. The van der Waals surface area contributed by atoms with E-state index in [0.29, 0.717) is 34.2 Å². The lowest BCUT2D eigenvalue weighted by Crippen LogP contribution is -2.15. The van der Waals surface area contributed by atoms with Crippen LogP contribution in [-0.2, 0) is 12.4 Å². The monoisotopic (exact) mass is 701 g/mol. The van der Waals surface area contributed by atoms with Crippen molar-refractivity contribution in [3.63, 3.8) is 0 Å². The summed E-state index contributed by atoms with van der Waals surface area (Å²) in [5.41, 5.74) is 2.42. The molecule has 2 heterocycles. The molecule has 0 unspecified atom stereocenters. The number of aromatic nitrogens is 2. The van der Waals surface area contributed by atoms with Crippen LogP contribution in [0.2, 0.25) is 0 Å². The van der Waals surface area contributed by atoms with Crippen molar-refractivity contribution in [3.8, 4) is 28.6 Å². The van der Waals surface area contributed by atoms with Gasteiger partial charge in [-0.1, -0.05) is 54.6 Å². The average molecular weight is 702 g/mol. The summed E-state index contributed by atoms with van der Waals surface area (Å²) < 4.78 is 92.2. The summed E-state index contributed by atoms with van der Waals surface area (Å²) in [5, 5.41) is 14.4. The lowest BCUT2D eigenvalue weighted by Gasteiger charge is -2.22. The zero-order valence-corrected chi connectivity index (χ0v) is 28.4. The number of nitrogens with zero attached hydrogens (tertiary/aromatic N) is 3. The highest BCUT2D eigenvalue weighted by Gasteiger charge is 2.41. The van der Waals surface area contributed by atoms with Crippen molar-refractivity contribution in [1.82, 2.24) is 9.13 Å². The molecule has 52 heavy (non-hydrogen) atoms. The summed E-state index contributed by atoms with van der Waals surface area (Å²) in [7, 11) is 0. The van der Waals surface area contributed by atoms with E-state index in [9.17, 15) is 31.6 Å². The Hall–Kier alpha value is -6.01. The van der Waals surface area contributed by atoms with E-state index in [4.69, 9.17) is 0 Å². The van der Waals surface area contributed by atoms with Gasteiger partial charge in [0, 0.05) is 27.1 Å². The predicted octanol–water partition coefficient (Wildman–Crippen LogP) is 12.7. The van der Waals surface area contributed by atoms with E-state index in [1.54, 1.807) is 9.13 Å². The van der Waals surface area contributed by atoms with Crippen LogP contribution in [0.25, 0.3) is 66.1 Å². The highest BCUT2D eigenvalue weighted by molar-refractivity contribution is 6.11. The molecule has 9 heteroatoms. The van der Waals surface area contributed by atoms with Crippen LogP contribution in [0.3, 0.4) is 0 Å². The molecule has 0 spiro atoms. The summed E-state index contributed by atoms with van der Waals surface area (Å²) in [6.07, 6.45) is -10.2. The van der Waals surface area contributed by atoms with E-state index in [1.165, 1.54) is 12.1 Å². The smallest absolute Gasteiger partial charge is 0.308 e. The maximum Gasteiger partial charge on any atom is 0.417 e. The number of fused-ring (bicyclic) bond motifs is 6. The van der Waals surface area contributed by atoms with E-state index < -0.39 is 29.0 Å². The third-order valence-corrected chi connectivity index (χ3v) is 9.81. The van der Waals surface area contributed by atoms with Gasteiger partial charge in [0.1, 0.15) is 11.6 Å². The topological polar surface area (TPSA) is 33.6 Å². The molecule has 0 amide bonds. The van der Waals surface area contributed by atoms with Crippen LogP contribution < -0.4 is 0 Å². The largest absolute Gasteiger partial charge is 0.417 e. The molecule has 6 aromatic carbocycles. The van der Waals surface area contributed by atoms with Crippen LogP contribution in [0.1, 0.15) is 38.9 Å². The fourth-order valence-electron chi connectivity index (χ4n) is 7.56. The van der Waals surface area contributed by atoms with Crippen molar-refractivity contribution in [2.75, 3.05) is 0 Å². The molecule has 0 bridgehead atoms. The molecule has 0 N–H and O–H groups in total. The van der Waals surface area contributed by atoms with E-state index in [0.717, 1.165) is 49.9 Å². The Bertz CT molecular complexity index is 2530. The standard InChI is InChI=1S/C43H29F6N3/c1-23-8-12-28-29-13-9-24(2)17-36(29)51(35(28)16-23)39-20-27(41-33(42(44,45)46)6-5-7-34(41)43(47,48)49)21-40(32(39)22-50)52-37-18-25(3)10-14-30(37)31-15-11-26(4)19-38(31)52/h5-21H,1-4H3. The maximum absolute atomic E-state index is 14.8. The first-order valence-electron chi connectivity index (χ1n) is 16.5. The minimum Gasteiger partial charge on any atom is -0.308 e. The minimum atomic E-state index is -5.12. The number of aryl methyl sites for hydroxylation is 4. The summed E-state index contributed by atoms with van der Waals surface area (Å²) in [6.45, 7) is 7.60. The number of hydrogen-bond acceptors (Lipinski definition) is 1. The SMILES string of the molecule is Cc1ccc2c3ccc(C)cc3n(-c3cc(-c4c(C(F)(F)F)cccc4C(F)(F)F)cc(-n4c5cc(C)ccc5c5ccc(C)cc54)c3C#N)c2c1. The molecule has 0 aliphatic rings. The first-order valence-corrected chi connectivity index (χ1v) is 16.5. The number of hydrogen-bond donors (Lipinski definition) is 0. The zero-order chi connectivity index (χ0) is 36.9. The quantitative estimate of drug-likeness (QED) is 0.169. The average Bonchev–Trinajstić information content (AvgIpc) is 3.56. The van der Waals surface area contributed by atoms with Gasteiger partial charge in [-0.15, -0.1) is 0 Å². The van der Waals surface area contributed by atoms with Gasteiger partial charge in [-0.25, -0.2) is 0 Å². The summed E-state index contributed by atoms with van der Waals surface area (Å²) in [6, 6.07) is 30.2. The minimum absolute atomic E-state index is 0.0884. The molecule has 0 atom stereocenters. The zero-order valence-electron chi connectivity index (χ0n) is 28.4. The molecular weight excluding hydrogens is 672 g/mol. The second-order valence-electron chi connectivity index (χ2n) is 13.5. The Morgan fingerprint density at radius 3 is 1.10 bits per heavy atom. The highest BCUT2D eigenvalue weighted by Crippen LogP contribution is 2.47. The fourth-order valence-corrected chi connectivity index (χ4v) is 7.56. The van der Waals surface area contributed by atoms with Gasteiger partial charge in [-0.05, 0) is 104 Å². The summed E-state index contributed by atoms with van der Waals surface area (Å²) in [4.78, 5) is 0. The molecule has 0 radical (unpaired) electrons. The summed E-state index contributed by atoms with van der Waals surface area (Å²) in [5.74, 6) is 0. The molecule has 258 valence electrons. The van der Waals surface area contributed by atoms with Gasteiger partial charge >= 0.3 is 12.4 Å². The van der Waals surface area contributed by atoms with E-state index in [-0.39, 0.29) is 22.5 Å². The normalized spacial score (nSPS) is 12.4. The van der Waals surface area contributed by atoms with Crippen LogP contribution in [-0.4, -0.2) is 9.13 Å². The first kappa shape index (κ1) is 33.2. The van der Waals surface area contributed by atoms with Crippen molar-refractivity contribution in [1.29, 1.82) is 5.26 Å². The third-order valence-electron chi connectivity index (χ3n) is 9.81. The van der Waals surface area contributed by atoms with Gasteiger partial charge in [0.15, 0.2) is 0 Å². The maximum atomic E-state index is 14.8. The van der Waals surface area contributed by atoms with Gasteiger partial charge < -0.3 is 9.13 Å². The predicted molar refractivity (Wildman–Crippen MR) is 194 cm³/mol. The van der Waals surface area contributed by atoms with Gasteiger partial charge in [0.2, 0.25) is 0 Å². The second kappa shape index (κ2) is 11.5. The van der Waals surface area contributed by atoms with Crippen molar-refractivity contribution < 1.29 is 26.3 Å². The lowest BCUT2D eigenvalue weighted by molar-refractivity contribution is -0.142. The van der Waals surface area contributed by atoms with Gasteiger partial charge in [0.05, 0.1) is 44.6 Å². The molecular formula is C43H29F6N3. The van der Waals surface area contributed by atoms with E-state index in [1.807, 2.05) is 100 Å². The molecule has 0 saturated heterocycles. The number of nitriles is 1. The third kappa shape index (κ3) is 5.12. The highest BCUT2D eigenvalue weighted by atomic mass is 19.4. The molecule has 0 saturated carbocycles. The van der Waals surface area contributed by atoms with E-state index >= 15 is 0 Å². The Balaban J connectivity index is 1.64. The van der Waals surface area contributed by atoms with Gasteiger partial charge in [-0.3, -0.25) is 0 Å². The van der Waals surface area contributed by atoms with Crippen LogP contribution in [0.15, 0.2) is 103 Å². The molecule has 0 aliphatic heterocycles. The van der Waals surface area contributed by atoms with E-state index in [2.05, 4.69) is 6.07 Å². The molecule has 0 aliphatic carbocycles. The number of alkyl halides is 6. The van der Waals surface area contributed by atoms with Crippen LogP contribution in [0.5, 0.6) is 0 Å². The van der Waals surface area contributed by atoms with Crippen molar-refractivity contribution in [3.05, 3.63) is 142 Å². The van der Waals surface area contributed by atoms with Crippen LogP contribution >= 0.6 is 0 Å². The first-order chi connectivity index (χ1) is 24.7. The number of rotatable bonds is 3. The van der Waals surface area contributed by atoms with Crippen molar-refractivity contribution in [2.45, 2.75) is 40.0 Å². The number of halogens is 6. The number of benzene rings is 6. The second-order valence-corrected chi connectivity index (χ2v) is 13.5. The van der Waals surface area contributed by atoms with Crippen molar-refractivity contribution >= 4 is 43.6 Å².